The van der Waals surface area contributed by atoms with Gasteiger partial charge in [-0.3, -0.25) is 14.3 Å². The third kappa shape index (κ3) is 3.16. The highest BCUT2D eigenvalue weighted by atomic mass is 19.1. The second-order valence-corrected chi connectivity index (χ2v) is 6.27. The molecule has 0 spiro atoms. The van der Waals surface area contributed by atoms with Crippen LogP contribution in [-0.4, -0.2) is 21.1 Å². The van der Waals surface area contributed by atoms with Crippen LogP contribution in [-0.2, 0) is 20.0 Å². The van der Waals surface area contributed by atoms with Crippen molar-refractivity contribution in [2.75, 3.05) is 11.9 Å². The topological polar surface area (TPSA) is 69.0 Å². The van der Waals surface area contributed by atoms with E-state index in [-0.39, 0.29) is 17.1 Å². The van der Waals surface area contributed by atoms with Crippen molar-refractivity contribution in [3.63, 3.8) is 0 Å². The van der Waals surface area contributed by atoms with Crippen LogP contribution in [0.2, 0.25) is 0 Å². The fourth-order valence-corrected chi connectivity index (χ4v) is 3.11. The summed E-state index contributed by atoms with van der Waals surface area (Å²) in [5, 5.41) is 2.64. The number of nitrogens with one attached hydrogen (secondary N) is 1. The van der Waals surface area contributed by atoms with Gasteiger partial charge in [-0.2, -0.15) is 0 Å². The van der Waals surface area contributed by atoms with Gasteiger partial charge in [-0.1, -0.05) is 6.07 Å². The third-order valence-corrected chi connectivity index (χ3v) is 4.56. The van der Waals surface area contributed by atoms with Crippen molar-refractivity contribution >= 4 is 5.95 Å². The Morgan fingerprint density at radius 3 is 3.04 bits per heavy atom. The average Bonchev–Trinajstić information content (AvgIpc) is 3.14. The van der Waals surface area contributed by atoms with Crippen LogP contribution in [0.5, 0.6) is 5.75 Å². The Hall–Kier alpha value is -3.22. The van der Waals surface area contributed by atoms with Crippen molar-refractivity contribution in [2.24, 2.45) is 7.05 Å². The predicted octanol–water partition coefficient (Wildman–Crippen LogP) is 2.84. The van der Waals surface area contributed by atoms with Gasteiger partial charge in [-0.15, -0.1) is 0 Å². The quantitative estimate of drug-likeness (QED) is 0.767. The fourth-order valence-electron chi connectivity index (χ4n) is 3.11. The first-order valence-electron chi connectivity index (χ1n) is 9.50. The molecule has 1 aliphatic rings. The number of pyridine rings is 1. The lowest BCUT2D eigenvalue weighted by molar-refractivity contribution is 0.355. The highest BCUT2D eigenvalue weighted by Gasteiger charge is 2.18. The molecule has 0 radical (unpaired) electrons. The average molecular weight is 368 g/mol. The first kappa shape index (κ1) is 14.9. The molecule has 0 fully saturated rings. The summed E-state index contributed by atoms with van der Waals surface area (Å²) < 4.78 is 37.5. The van der Waals surface area contributed by atoms with Crippen molar-refractivity contribution in [3.8, 4) is 16.9 Å². The van der Waals surface area contributed by atoms with Crippen molar-refractivity contribution in [2.45, 2.75) is 19.8 Å². The van der Waals surface area contributed by atoms with Gasteiger partial charge in [0.2, 0.25) is 5.95 Å². The number of benzene rings is 1. The van der Waals surface area contributed by atoms with Gasteiger partial charge >= 0.3 is 0 Å². The van der Waals surface area contributed by atoms with Crippen LogP contribution in [0.1, 0.15) is 19.6 Å². The van der Waals surface area contributed by atoms with E-state index in [0.717, 1.165) is 6.07 Å². The number of hydrogen-bond acceptors (Lipinski definition) is 5. The molecule has 0 amide bonds. The lowest BCUT2D eigenvalue weighted by Crippen LogP contribution is -2.23. The number of ether oxygens (including phenoxy) is 1. The lowest BCUT2D eigenvalue weighted by atomic mass is 10.0. The number of rotatable bonds is 4. The van der Waals surface area contributed by atoms with Gasteiger partial charge in [0, 0.05) is 55.2 Å². The van der Waals surface area contributed by atoms with Gasteiger partial charge in [0.25, 0.3) is 5.56 Å². The van der Waals surface area contributed by atoms with Crippen LogP contribution in [0, 0.1) is 12.7 Å². The highest BCUT2D eigenvalue weighted by Crippen LogP contribution is 2.30. The lowest BCUT2D eigenvalue weighted by Gasteiger charge is -2.13. The van der Waals surface area contributed by atoms with E-state index in [1.54, 1.807) is 25.3 Å². The number of halogens is 1. The van der Waals surface area contributed by atoms with Crippen LogP contribution < -0.4 is 15.6 Å². The van der Waals surface area contributed by atoms with Crippen molar-refractivity contribution in [3.05, 3.63) is 69.7 Å². The molecule has 0 unspecified atom stereocenters. The maximum Gasteiger partial charge on any atom is 0.262 e. The van der Waals surface area contributed by atoms with E-state index in [1.165, 1.54) is 23.9 Å². The Kier molecular flexibility index (Phi) is 3.77. The summed E-state index contributed by atoms with van der Waals surface area (Å²) in [5.41, 5.74) is 2.11. The van der Waals surface area contributed by atoms with Crippen molar-refractivity contribution in [1.82, 2.24) is 14.5 Å². The Labute approximate surface area is 158 Å². The van der Waals surface area contributed by atoms with Gasteiger partial charge in [-0.25, -0.2) is 9.37 Å². The van der Waals surface area contributed by atoms with Gasteiger partial charge in [-0.05, 0) is 24.6 Å². The molecule has 6 nitrogen and oxygen atoms in total. The van der Waals surface area contributed by atoms with Gasteiger partial charge in [0.1, 0.15) is 11.6 Å². The summed E-state index contributed by atoms with van der Waals surface area (Å²) in [4.78, 5) is 21.3. The molecule has 0 aliphatic carbocycles. The van der Waals surface area contributed by atoms with Crippen molar-refractivity contribution in [1.29, 1.82) is 0 Å². The molecule has 2 aromatic heterocycles. The zero-order chi connectivity index (χ0) is 20.8. The molecule has 27 heavy (non-hydrogen) atoms. The molecule has 1 aliphatic heterocycles. The van der Waals surface area contributed by atoms with E-state index in [4.69, 9.17) is 7.48 Å². The van der Waals surface area contributed by atoms with E-state index >= 15 is 0 Å². The highest BCUT2D eigenvalue weighted by molar-refractivity contribution is 5.64. The van der Waals surface area contributed by atoms with Crippen LogP contribution in [0.4, 0.5) is 10.3 Å². The molecule has 0 saturated heterocycles. The molecule has 4 rings (SSSR count). The summed E-state index contributed by atoms with van der Waals surface area (Å²) in [6, 6.07) is 5.91. The molecule has 1 aromatic carbocycles. The Morgan fingerprint density at radius 2 is 2.22 bits per heavy atom. The van der Waals surface area contributed by atoms with Gasteiger partial charge in [0.05, 0.1) is 14.9 Å². The Bertz CT molecular complexity index is 1160. The second kappa shape index (κ2) is 6.83. The summed E-state index contributed by atoms with van der Waals surface area (Å²) >= 11 is 0. The molecule has 3 aromatic rings. The monoisotopic (exact) mass is 368 g/mol. The number of aryl methyl sites for hydroxylation is 1. The summed E-state index contributed by atoms with van der Waals surface area (Å²) in [7, 11) is 1.50. The number of anilines is 1. The molecule has 1 N–H and O–H groups in total. The van der Waals surface area contributed by atoms with Crippen molar-refractivity contribution < 1.29 is 11.9 Å². The maximum atomic E-state index is 14.0. The minimum atomic E-state index is -2.16. The van der Waals surface area contributed by atoms with E-state index < -0.39 is 12.3 Å². The number of nitrogens with zero attached hydrogens (tertiary/aromatic N) is 3. The van der Waals surface area contributed by atoms with E-state index in [0.29, 0.717) is 41.2 Å². The minimum absolute atomic E-state index is 0.0298. The Morgan fingerprint density at radius 1 is 1.37 bits per heavy atom. The first-order chi connectivity index (χ1) is 13.8. The van der Waals surface area contributed by atoms with Crippen LogP contribution >= 0.6 is 0 Å². The smallest absolute Gasteiger partial charge is 0.262 e. The SMILES string of the molecule is [2H]C([2H])(Nc1ncc(-c2cccnc2C)c(=O)n1C)c1cc(F)cc2c1CCO2. The van der Waals surface area contributed by atoms with Gasteiger partial charge < -0.3 is 10.1 Å². The van der Waals surface area contributed by atoms with Crippen LogP contribution in [0.3, 0.4) is 0 Å². The molecule has 3 heterocycles. The van der Waals surface area contributed by atoms with Gasteiger partial charge in [0.15, 0.2) is 0 Å². The number of hydrogen-bond donors (Lipinski definition) is 1. The molecular weight excluding hydrogens is 347 g/mol. The molecule has 7 heteroatoms. The number of fused-ring (bicyclic) bond motifs is 1. The summed E-state index contributed by atoms with van der Waals surface area (Å²) in [6.07, 6.45) is 3.52. The fraction of sp³-hybridized carbons (Fsp3) is 0.250. The number of aromatic nitrogens is 3. The summed E-state index contributed by atoms with van der Waals surface area (Å²) in [6.45, 7) is 0.00669. The molecule has 0 saturated carbocycles. The minimum Gasteiger partial charge on any atom is -0.493 e. The standard InChI is InChI=1S/C20H19FN4O2/c1-12-15(4-3-6-22-12)17-11-24-20(25(2)19(17)26)23-10-13-8-14(21)9-18-16(13)5-7-27-18/h3-4,6,8-9,11H,5,7,10H2,1-2H3,(H,23,24)/i10D2. The molecule has 138 valence electrons. The van der Waals surface area contributed by atoms with Crippen LogP contribution in [0.25, 0.3) is 11.1 Å². The third-order valence-electron chi connectivity index (χ3n) is 4.56. The second-order valence-electron chi connectivity index (χ2n) is 6.27. The zero-order valence-corrected chi connectivity index (χ0v) is 14.9. The molecule has 0 atom stereocenters. The Balaban J connectivity index is 1.73. The van der Waals surface area contributed by atoms with E-state index in [9.17, 15) is 9.18 Å². The zero-order valence-electron chi connectivity index (χ0n) is 16.9. The normalized spacial score (nSPS) is 14.2. The maximum absolute atomic E-state index is 14.0. The summed E-state index contributed by atoms with van der Waals surface area (Å²) in [5.74, 6) is -0.215. The van der Waals surface area contributed by atoms with Crippen LogP contribution in [0.15, 0.2) is 41.5 Å². The molecule has 0 bridgehead atoms. The largest absolute Gasteiger partial charge is 0.493 e. The predicted molar refractivity (Wildman–Crippen MR) is 100 cm³/mol. The molecular formula is C20H19FN4O2. The van der Waals surface area contributed by atoms with E-state index in [1.807, 2.05) is 0 Å². The first-order valence-corrected chi connectivity index (χ1v) is 8.50. The van der Waals surface area contributed by atoms with E-state index in [2.05, 4.69) is 15.3 Å².